The molecule has 0 saturated carbocycles. The Kier molecular flexibility index (Phi) is 4.43. The monoisotopic (exact) mass is 315 g/mol. The molecule has 1 aromatic carbocycles. The Morgan fingerprint density at radius 2 is 2.19 bits per heavy atom. The molecule has 0 amide bonds. The summed E-state index contributed by atoms with van der Waals surface area (Å²) < 4.78 is 0. The van der Waals surface area contributed by atoms with Gasteiger partial charge in [0.2, 0.25) is 0 Å². The van der Waals surface area contributed by atoms with E-state index in [2.05, 4.69) is 32.0 Å². The van der Waals surface area contributed by atoms with Crippen LogP contribution in [0.1, 0.15) is 10.6 Å². The molecule has 3 rings (SSSR count). The minimum atomic E-state index is 0.434. The molecule has 0 atom stereocenters. The molecular formula is C15H12ClN4S. The van der Waals surface area contributed by atoms with E-state index in [1.54, 1.807) is 23.6 Å². The quantitative estimate of drug-likeness (QED) is 0.675. The molecule has 105 valence electrons. The number of benzene rings is 1. The molecule has 0 unspecified atom stereocenters. The molecule has 0 aliphatic carbocycles. The van der Waals surface area contributed by atoms with Gasteiger partial charge in [-0.25, -0.2) is 15.0 Å². The lowest BCUT2D eigenvalue weighted by Gasteiger charge is -2.22. The SMILES string of the molecule is Clc1cc(N(Cc2c[c]ccc2)Cc2nccs2)ncn1. The minimum absolute atomic E-state index is 0.434. The highest BCUT2D eigenvalue weighted by Crippen LogP contribution is 2.20. The van der Waals surface area contributed by atoms with Crippen LogP contribution in [0.3, 0.4) is 0 Å². The van der Waals surface area contributed by atoms with Crippen LogP contribution in [-0.4, -0.2) is 15.0 Å². The summed E-state index contributed by atoms with van der Waals surface area (Å²) in [7, 11) is 0. The first kappa shape index (κ1) is 14.0. The van der Waals surface area contributed by atoms with Gasteiger partial charge in [-0.15, -0.1) is 11.3 Å². The molecule has 2 heterocycles. The average Bonchev–Trinajstić information content (AvgIpc) is 3.01. The molecule has 1 radical (unpaired) electrons. The Bertz CT molecular complexity index is 688. The molecule has 3 aromatic rings. The second-order valence-electron chi connectivity index (χ2n) is 4.39. The summed E-state index contributed by atoms with van der Waals surface area (Å²) >= 11 is 7.60. The van der Waals surface area contributed by atoms with Gasteiger partial charge in [-0.1, -0.05) is 29.8 Å². The molecule has 0 bridgehead atoms. The third-order valence-electron chi connectivity index (χ3n) is 2.90. The topological polar surface area (TPSA) is 41.9 Å². The van der Waals surface area contributed by atoms with Gasteiger partial charge in [0.25, 0.3) is 0 Å². The molecule has 6 heteroatoms. The van der Waals surface area contributed by atoms with E-state index in [9.17, 15) is 0 Å². The normalized spacial score (nSPS) is 10.5. The fourth-order valence-corrected chi connectivity index (χ4v) is 2.73. The lowest BCUT2D eigenvalue weighted by Crippen LogP contribution is -2.23. The number of hydrogen-bond acceptors (Lipinski definition) is 5. The number of nitrogens with zero attached hydrogens (tertiary/aromatic N) is 4. The highest BCUT2D eigenvalue weighted by atomic mass is 35.5. The van der Waals surface area contributed by atoms with E-state index in [4.69, 9.17) is 11.6 Å². The third-order valence-corrected chi connectivity index (χ3v) is 3.87. The van der Waals surface area contributed by atoms with E-state index in [1.807, 2.05) is 23.6 Å². The number of thiazole rings is 1. The number of anilines is 1. The average molecular weight is 316 g/mol. The molecule has 0 saturated heterocycles. The van der Waals surface area contributed by atoms with Crippen LogP contribution in [0.25, 0.3) is 0 Å². The van der Waals surface area contributed by atoms with Crippen LogP contribution in [-0.2, 0) is 13.1 Å². The van der Waals surface area contributed by atoms with Gasteiger partial charge in [0.05, 0.1) is 6.54 Å². The van der Waals surface area contributed by atoms with Crippen LogP contribution in [0.5, 0.6) is 0 Å². The summed E-state index contributed by atoms with van der Waals surface area (Å²) in [6.07, 6.45) is 3.28. The van der Waals surface area contributed by atoms with Crippen LogP contribution in [0.15, 0.2) is 48.2 Å². The van der Waals surface area contributed by atoms with Gasteiger partial charge in [-0.05, 0) is 17.7 Å². The second kappa shape index (κ2) is 6.65. The van der Waals surface area contributed by atoms with Crippen LogP contribution in [0, 0.1) is 6.07 Å². The van der Waals surface area contributed by atoms with Crippen LogP contribution in [0.2, 0.25) is 5.15 Å². The maximum atomic E-state index is 5.98. The van der Waals surface area contributed by atoms with E-state index >= 15 is 0 Å². The molecule has 0 fully saturated rings. The van der Waals surface area contributed by atoms with Gasteiger partial charge >= 0.3 is 0 Å². The zero-order valence-corrected chi connectivity index (χ0v) is 12.7. The predicted octanol–water partition coefficient (Wildman–Crippen LogP) is 3.59. The van der Waals surface area contributed by atoms with Crippen molar-refractivity contribution in [2.24, 2.45) is 0 Å². The summed E-state index contributed by atoms with van der Waals surface area (Å²) in [6.45, 7) is 1.39. The van der Waals surface area contributed by atoms with Crippen LogP contribution >= 0.6 is 22.9 Å². The van der Waals surface area contributed by atoms with Crippen molar-refractivity contribution in [1.29, 1.82) is 0 Å². The van der Waals surface area contributed by atoms with E-state index in [0.717, 1.165) is 16.4 Å². The van der Waals surface area contributed by atoms with Crippen molar-refractivity contribution in [3.8, 4) is 0 Å². The summed E-state index contributed by atoms with van der Waals surface area (Å²) in [5, 5.41) is 3.44. The molecule has 21 heavy (non-hydrogen) atoms. The minimum Gasteiger partial charge on any atom is -0.345 e. The molecule has 2 aromatic heterocycles. The van der Waals surface area contributed by atoms with Crippen molar-refractivity contribution in [2.75, 3.05) is 4.90 Å². The van der Waals surface area contributed by atoms with Crippen molar-refractivity contribution in [3.05, 3.63) is 70.0 Å². The first-order valence-corrected chi connectivity index (χ1v) is 7.63. The summed E-state index contributed by atoms with van der Waals surface area (Å²) in [5.41, 5.74) is 1.16. The van der Waals surface area contributed by atoms with Crippen molar-refractivity contribution >= 4 is 28.8 Å². The molecule has 4 nitrogen and oxygen atoms in total. The van der Waals surface area contributed by atoms with Gasteiger partial charge in [-0.2, -0.15) is 0 Å². The summed E-state index contributed by atoms with van der Waals surface area (Å²) in [6, 6.07) is 12.7. The highest BCUT2D eigenvalue weighted by molar-refractivity contribution is 7.09. The number of rotatable bonds is 5. The van der Waals surface area contributed by atoms with Gasteiger partial charge < -0.3 is 4.90 Å². The summed E-state index contributed by atoms with van der Waals surface area (Å²) in [5.74, 6) is 0.786. The molecule has 0 aliphatic heterocycles. The number of halogens is 1. The second-order valence-corrected chi connectivity index (χ2v) is 5.76. The number of hydrogen-bond donors (Lipinski definition) is 0. The first-order chi connectivity index (χ1) is 10.3. The highest BCUT2D eigenvalue weighted by Gasteiger charge is 2.12. The Morgan fingerprint density at radius 3 is 2.90 bits per heavy atom. The van der Waals surface area contributed by atoms with Crippen molar-refractivity contribution in [2.45, 2.75) is 13.1 Å². The summed E-state index contributed by atoms with van der Waals surface area (Å²) in [4.78, 5) is 14.7. The maximum Gasteiger partial charge on any atom is 0.134 e. The Hall–Kier alpha value is -1.98. The van der Waals surface area contributed by atoms with E-state index in [-0.39, 0.29) is 0 Å². The zero-order chi connectivity index (χ0) is 14.5. The van der Waals surface area contributed by atoms with E-state index in [1.165, 1.54) is 6.33 Å². The van der Waals surface area contributed by atoms with Crippen molar-refractivity contribution in [1.82, 2.24) is 15.0 Å². The first-order valence-electron chi connectivity index (χ1n) is 6.37. The maximum absolute atomic E-state index is 5.98. The van der Waals surface area contributed by atoms with E-state index in [0.29, 0.717) is 18.2 Å². The van der Waals surface area contributed by atoms with Gasteiger partial charge in [-0.3, -0.25) is 0 Å². The Balaban J connectivity index is 1.87. The van der Waals surface area contributed by atoms with Crippen molar-refractivity contribution < 1.29 is 0 Å². The van der Waals surface area contributed by atoms with E-state index < -0.39 is 0 Å². The van der Waals surface area contributed by atoms with Gasteiger partial charge in [0.15, 0.2) is 0 Å². The third kappa shape index (κ3) is 3.77. The Morgan fingerprint density at radius 1 is 1.24 bits per heavy atom. The fourth-order valence-electron chi connectivity index (χ4n) is 1.96. The lowest BCUT2D eigenvalue weighted by molar-refractivity contribution is 0.776. The molecule has 0 aliphatic rings. The zero-order valence-electron chi connectivity index (χ0n) is 11.1. The van der Waals surface area contributed by atoms with Crippen molar-refractivity contribution in [3.63, 3.8) is 0 Å². The van der Waals surface area contributed by atoms with Crippen LogP contribution in [0.4, 0.5) is 5.82 Å². The largest absolute Gasteiger partial charge is 0.345 e. The molecular weight excluding hydrogens is 304 g/mol. The van der Waals surface area contributed by atoms with Gasteiger partial charge in [0.1, 0.15) is 22.3 Å². The fraction of sp³-hybridized carbons (Fsp3) is 0.133. The number of aromatic nitrogens is 3. The predicted molar refractivity (Wildman–Crippen MR) is 84.3 cm³/mol. The lowest BCUT2D eigenvalue weighted by atomic mass is 10.2. The molecule has 0 N–H and O–H groups in total. The Labute approximate surface area is 132 Å². The molecule has 0 spiro atoms. The standard InChI is InChI=1S/C15H12ClN4S/c16-13-8-14(19-11-18-13)20(10-15-17-6-7-21-15)9-12-4-2-1-3-5-12/h1-2,4-8,11H,9-10H2. The van der Waals surface area contributed by atoms with Gasteiger partial charge in [0, 0.05) is 24.2 Å². The van der Waals surface area contributed by atoms with Crippen LogP contribution < -0.4 is 4.90 Å². The smallest absolute Gasteiger partial charge is 0.134 e.